The van der Waals surface area contributed by atoms with Crippen molar-refractivity contribution in [3.05, 3.63) is 30.3 Å². The molecule has 0 unspecified atom stereocenters. The molecule has 0 aromatic heterocycles. The van der Waals surface area contributed by atoms with E-state index in [4.69, 9.17) is 5.73 Å². The molecule has 116 valence electrons. The summed E-state index contributed by atoms with van der Waals surface area (Å²) in [6, 6.07) is 10.2. The van der Waals surface area contributed by atoms with Crippen LogP contribution in [0.15, 0.2) is 30.3 Å². The van der Waals surface area contributed by atoms with E-state index in [1.54, 1.807) is 0 Å². The maximum absolute atomic E-state index is 11.5. The first kappa shape index (κ1) is 17.0. The Labute approximate surface area is 125 Å². The molecule has 0 saturated carbocycles. The number of hydrogen-bond acceptors (Lipinski definition) is 4. The molecule has 1 aromatic rings. The number of carbonyl (C=O) groups excluding carboxylic acids is 2. The van der Waals surface area contributed by atoms with Gasteiger partial charge in [0.2, 0.25) is 11.8 Å². The van der Waals surface area contributed by atoms with Crippen molar-refractivity contribution in [2.45, 2.75) is 13.3 Å². The Morgan fingerprint density at radius 2 is 1.86 bits per heavy atom. The first-order chi connectivity index (χ1) is 10.2. The summed E-state index contributed by atoms with van der Waals surface area (Å²) in [5.74, 6) is -0.522. The van der Waals surface area contributed by atoms with Crippen molar-refractivity contribution in [1.29, 1.82) is 0 Å². The molecule has 4 N–H and O–H groups in total. The molecule has 0 saturated heterocycles. The van der Waals surface area contributed by atoms with E-state index in [9.17, 15) is 9.59 Å². The van der Waals surface area contributed by atoms with Crippen molar-refractivity contribution in [3.63, 3.8) is 0 Å². The van der Waals surface area contributed by atoms with Crippen LogP contribution in [0.5, 0.6) is 0 Å². The van der Waals surface area contributed by atoms with Gasteiger partial charge in [-0.05, 0) is 25.5 Å². The smallest absolute Gasteiger partial charge is 0.239 e. The Kier molecular flexibility index (Phi) is 7.89. The van der Waals surface area contributed by atoms with E-state index in [0.29, 0.717) is 6.54 Å². The second kappa shape index (κ2) is 9.77. The quantitative estimate of drug-likeness (QED) is 0.563. The van der Waals surface area contributed by atoms with Crippen molar-refractivity contribution in [1.82, 2.24) is 10.6 Å². The van der Waals surface area contributed by atoms with E-state index in [1.807, 2.05) is 18.2 Å². The highest BCUT2D eigenvalue weighted by atomic mass is 16.2. The van der Waals surface area contributed by atoms with E-state index < -0.39 is 0 Å². The molecular weight excluding hydrogens is 268 g/mol. The number of anilines is 1. The van der Waals surface area contributed by atoms with Gasteiger partial charge in [0, 0.05) is 25.3 Å². The number of benzene rings is 1. The topological polar surface area (TPSA) is 87.5 Å². The summed E-state index contributed by atoms with van der Waals surface area (Å²) in [5, 5.41) is 5.20. The minimum atomic E-state index is -0.327. The summed E-state index contributed by atoms with van der Waals surface area (Å²) < 4.78 is 0. The molecule has 1 aromatic carbocycles. The lowest BCUT2D eigenvalue weighted by molar-refractivity contribution is -0.125. The number of hydrogen-bond donors (Lipinski definition) is 3. The predicted molar refractivity (Wildman–Crippen MR) is 84.0 cm³/mol. The number of rotatable bonds is 9. The van der Waals surface area contributed by atoms with E-state index >= 15 is 0 Å². The first-order valence-electron chi connectivity index (χ1n) is 7.20. The molecule has 1 rings (SSSR count). The van der Waals surface area contributed by atoms with Gasteiger partial charge in [0.15, 0.2) is 0 Å². The van der Waals surface area contributed by atoms with E-state index in [1.165, 1.54) is 5.69 Å². The zero-order chi connectivity index (χ0) is 15.5. The maximum atomic E-state index is 11.5. The Bertz CT molecular complexity index is 437. The summed E-state index contributed by atoms with van der Waals surface area (Å²) in [6.45, 7) is 4.36. The third kappa shape index (κ3) is 6.76. The van der Waals surface area contributed by atoms with Gasteiger partial charge in [-0.2, -0.15) is 0 Å². The summed E-state index contributed by atoms with van der Waals surface area (Å²) in [4.78, 5) is 24.6. The number of para-hydroxylation sites is 1. The van der Waals surface area contributed by atoms with Gasteiger partial charge < -0.3 is 21.3 Å². The maximum Gasteiger partial charge on any atom is 0.239 e. The lowest BCUT2D eigenvalue weighted by Gasteiger charge is -2.23. The fourth-order valence-electron chi connectivity index (χ4n) is 1.92. The Morgan fingerprint density at radius 1 is 1.14 bits per heavy atom. The molecule has 0 aliphatic heterocycles. The van der Waals surface area contributed by atoms with Crippen molar-refractivity contribution < 1.29 is 9.59 Å². The molecule has 0 aliphatic carbocycles. The SMILES string of the molecule is CCN(CCCNC(=O)CNC(=O)CN)c1ccccc1. The monoisotopic (exact) mass is 292 g/mol. The molecule has 0 aliphatic rings. The molecule has 0 radical (unpaired) electrons. The predicted octanol–water partition coefficient (Wildman–Crippen LogP) is 0.0941. The highest BCUT2D eigenvalue weighted by Crippen LogP contribution is 2.12. The van der Waals surface area contributed by atoms with Crippen LogP contribution in [0.1, 0.15) is 13.3 Å². The van der Waals surface area contributed by atoms with Gasteiger partial charge in [-0.3, -0.25) is 9.59 Å². The first-order valence-corrected chi connectivity index (χ1v) is 7.20. The Hall–Kier alpha value is -2.08. The van der Waals surface area contributed by atoms with Gasteiger partial charge in [0.25, 0.3) is 0 Å². The normalized spacial score (nSPS) is 10.0. The molecule has 6 nitrogen and oxygen atoms in total. The lowest BCUT2D eigenvalue weighted by Crippen LogP contribution is -2.40. The van der Waals surface area contributed by atoms with Gasteiger partial charge in [-0.15, -0.1) is 0 Å². The Morgan fingerprint density at radius 3 is 2.48 bits per heavy atom. The van der Waals surface area contributed by atoms with Gasteiger partial charge >= 0.3 is 0 Å². The third-order valence-corrected chi connectivity index (χ3v) is 3.06. The van der Waals surface area contributed by atoms with Crippen LogP contribution in [0, 0.1) is 0 Å². The summed E-state index contributed by atoms with van der Waals surface area (Å²) in [6.07, 6.45) is 0.847. The fourth-order valence-corrected chi connectivity index (χ4v) is 1.92. The van der Waals surface area contributed by atoms with Crippen LogP contribution in [0.25, 0.3) is 0 Å². The van der Waals surface area contributed by atoms with Crippen LogP contribution in [0.2, 0.25) is 0 Å². The summed E-state index contributed by atoms with van der Waals surface area (Å²) in [7, 11) is 0. The molecular formula is C15H24N4O2. The second-order valence-electron chi connectivity index (χ2n) is 4.60. The van der Waals surface area contributed by atoms with Crippen LogP contribution in [-0.4, -0.2) is 44.5 Å². The number of nitrogens with one attached hydrogen (secondary N) is 2. The molecule has 0 atom stereocenters. The van der Waals surface area contributed by atoms with Crippen LogP contribution >= 0.6 is 0 Å². The molecule has 6 heteroatoms. The third-order valence-electron chi connectivity index (χ3n) is 3.06. The number of nitrogens with two attached hydrogens (primary N) is 1. The van der Waals surface area contributed by atoms with Crippen molar-refractivity contribution in [2.24, 2.45) is 5.73 Å². The van der Waals surface area contributed by atoms with Gasteiger partial charge in [0.05, 0.1) is 13.1 Å². The lowest BCUT2D eigenvalue weighted by atomic mass is 10.2. The van der Waals surface area contributed by atoms with Gasteiger partial charge in [-0.25, -0.2) is 0 Å². The number of carbonyl (C=O) groups is 2. The molecule has 0 fully saturated rings. The summed E-state index contributed by atoms with van der Waals surface area (Å²) in [5.41, 5.74) is 6.32. The number of amides is 2. The minimum absolute atomic E-state index is 0.0216. The fraction of sp³-hybridized carbons (Fsp3) is 0.467. The average Bonchev–Trinajstić information content (AvgIpc) is 2.53. The second-order valence-corrected chi connectivity index (χ2v) is 4.60. The molecule has 0 spiro atoms. The van der Waals surface area contributed by atoms with E-state index in [0.717, 1.165) is 19.5 Å². The van der Waals surface area contributed by atoms with E-state index in [-0.39, 0.29) is 24.9 Å². The highest BCUT2D eigenvalue weighted by molar-refractivity contribution is 5.85. The highest BCUT2D eigenvalue weighted by Gasteiger charge is 2.05. The van der Waals surface area contributed by atoms with Crippen molar-refractivity contribution in [3.8, 4) is 0 Å². The Balaban J connectivity index is 2.20. The van der Waals surface area contributed by atoms with Gasteiger partial charge in [0.1, 0.15) is 0 Å². The summed E-state index contributed by atoms with van der Waals surface area (Å²) >= 11 is 0. The average molecular weight is 292 g/mol. The number of nitrogens with zero attached hydrogens (tertiary/aromatic N) is 1. The zero-order valence-corrected chi connectivity index (χ0v) is 12.5. The van der Waals surface area contributed by atoms with Crippen molar-refractivity contribution >= 4 is 17.5 Å². The van der Waals surface area contributed by atoms with Gasteiger partial charge in [-0.1, -0.05) is 18.2 Å². The standard InChI is InChI=1S/C15H24N4O2/c1-2-19(13-7-4-3-5-8-13)10-6-9-17-15(21)12-18-14(20)11-16/h3-5,7-8H,2,6,9-12,16H2,1H3,(H,17,21)(H,18,20). The zero-order valence-electron chi connectivity index (χ0n) is 12.5. The largest absolute Gasteiger partial charge is 0.372 e. The van der Waals surface area contributed by atoms with Crippen LogP contribution < -0.4 is 21.3 Å². The molecule has 0 bridgehead atoms. The van der Waals surface area contributed by atoms with Crippen LogP contribution in [0.4, 0.5) is 5.69 Å². The van der Waals surface area contributed by atoms with E-state index in [2.05, 4.69) is 34.6 Å². The molecule has 21 heavy (non-hydrogen) atoms. The van der Waals surface area contributed by atoms with Crippen LogP contribution in [0.3, 0.4) is 0 Å². The molecule has 0 heterocycles. The minimum Gasteiger partial charge on any atom is -0.372 e. The molecule has 2 amide bonds. The van der Waals surface area contributed by atoms with Crippen LogP contribution in [-0.2, 0) is 9.59 Å². The van der Waals surface area contributed by atoms with Crippen molar-refractivity contribution in [2.75, 3.05) is 37.6 Å².